The largest absolute Gasteiger partial charge is 0.489 e. The number of amides is 2. The number of carbonyl (C=O) groups excluding carboxylic acids is 2. The van der Waals surface area contributed by atoms with E-state index in [2.05, 4.69) is 10.3 Å². The standard InChI is InChI=1S/C23H21N3O4/c27-22(10-12-26-20-8-1-2-9-21(20)30-16-23(26)28)25-18-6-3-7-19(13-18)29-15-17-5-4-11-24-14-17/h1-9,11,13-14H,10,12,15-16H2,(H,25,27). The molecule has 2 aromatic carbocycles. The van der Waals surface area contributed by atoms with Crippen molar-refractivity contribution in [3.8, 4) is 11.5 Å². The Morgan fingerprint density at radius 2 is 2.03 bits per heavy atom. The first-order valence-corrected chi connectivity index (χ1v) is 9.63. The van der Waals surface area contributed by atoms with Gasteiger partial charge in [-0.2, -0.15) is 0 Å². The predicted molar refractivity (Wildman–Crippen MR) is 113 cm³/mol. The Labute approximate surface area is 174 Å². The lowest BCUT2D eigenvalue weighted by Crippen LogP contribution is -2.40. The SMILES string of the molecule is O=C(CCN1C(=O)COc2ccccc21)Nc1cccc(OCc2cccnc2)c1. The summed E-state index contributed by atoms with van der Waals surface area (Å²) in [5.41, 5.74) is 2.28. The number of pyridine rings is 1. The lowest BCUT2D eigenvalue weighted by Gasteiger charge is -2.29. The molecule has 0 aliphatic carbocycles. The summed E-state index contributed by atoms with van der Waals surface area (Å²) in [4.78, 5) is 30.3. The van der Waals surface area contributed by atoms with Gasteiger partial charge in [0.1, 0.15) is 18.1 Å². The van der Waals surface area contributed by atoms with Gasteiger partial charge in [-0.15, -0.1) is 0 Å². The van der Waals surface area contributed by atoms with Gasteiger partial charge in [0.15, 0.2) is 6.61 Å². The zero-order chi connectivity index (χ0) is 20.8. The van der Waals surface area contributed by atoms with E-state index in [1.165, 1.54) is 0 Å². The molecular formula is C23H21N3O4. The van der Waals surface area contributed by atoms with E-state index in [1.807, 2.05) is 48.5 Å². The number of hydrogen-bond donors (Lipinski definition) is 1. The highest BCUT2D eigenvalue weighted by atomic mass is 16.5. The van der Waals surface area contributed by atoms with Gasteiger partial charge in [0.05, 0.1) is 5.69 Å². The summed E-state index contributed by atoms with van der Waals surface area (Å²) in [6, 6.07) is 18.3. The van der Waals surface area contributed by atoms with Crippen molar-refractivity contribution >= 4 is 23.2 Å². The molecule has 30 heavy (non-hydrogen) atoms. The van der Waals surface area contributed by atoms with Crippen LogP contribution in [0, 0.1) is 0 Å². The number of benzene rings is 2. The molecule has 1 aromatic heterocycles. The number of nitrogens with zero attached hydrogens (tertiary/aromatic N) is 2. The Morgan fingerprint density at radius 3 is 2.90 bits per heavy atom. The lowest BCUT2D eigenvalue weighted by molar-refractivity contribution is -0.121. The number of fused-ring (bicyclic) bond motifs is 1. The molecule has 0 radical (unpaired) electrons. The molecule has 0 spiro atoms. The van der Waals surface area contributed by atoms with Crippen LogP contribution in [0.2, 0.25) is 0 Å². The van der Waals surface area contributed by atoms with Crippen molar-refractivity contribution in [3.63, 3.8) is 0 Å². The van der Waals surface area contributed by atoms with Gasteiger partial charge < -0.3 is 19.7 Å². The van der Waals surface area contributed by atoms with Crippen molar-refractivity contribution in [1.29, 1.82) is 0 Å². The number of rotatable bonds is 7. The normalized spacial score (nSPS) is 12.7. The number of nitrogens with one attached hydrogen (secondary N) is 1. The van der Waals surface area contributed by atoms with Crippen LogP contribution in [0.5, 0.6) is 11.5 Å². The third-order valence-electron chi connectivity index (χ3n) is 4.62. The fourth-order valence-electron chi connectivity index (χ4n) is 3.15. The molecule has 3 aromatic rings. The topological polar surface area (TPSA) is 80.8 Å². The van der Waals surface area contributed by atoms with Crippen molar-refractivity contribution in [3.05, 3.63) is 78.6 Å². The second-order valence-electron chi connectivity index (χ2n) is 6.78. The Bertz CT molecular complexity index is 1040. The van der Waals surface area contributed by atoms with Gasteiger partial charge in [-0.3, -0.25) is 14.6 Å². The van der Waals surface area contributed by atoms with E-state index in [0.29, 0.717) is 29.5 Å². The molecule has 0 atom stereocenters. The molecule has 7 heteroatoms. The second kappa shape index (κ2) is 9.09. The molecule has 0 saturated carbocycles. The number of para-hydroxylation sites is 2. The minimum absolute atomic E-state index is 0.0189. The molecule has 2 amide bonds. The van der Waals surface area contributed by atoms with Crippen LogP contribution in [0.1, 0.15) is 12.0 Å². The highest BCUT2D eigenvalue weighted by Crippen LogP contribution is 2.31. The van der Waals surface area contributed by atoms with Gasteiger partial charge >= 0.3 is 0 Å². The zero-order valence-electron chi connectivity index (χ0n) is 16.3. The molecule has 152 valence electrons. The minimum atomic E-state index is -0.184. The smallest absolute Gasteiger partial charge is 0.265 e. The van der Waals surface area contributed by atoms with Crippen molar-refractivity contribution in [2.45, 2.75) is 13.0 Å². The van der Waals surface area contributed by atoms with Crippen LogP contribution in [0.15, 0.2) is 73.1 Å². The van der Waals surface area contributed by atoms with E-state index in [1.54, 1.807) is 29.4 Å². The van der Waals surface area contributed by atoms with E-state index < -0.39 is 0 Å². The molecule has 1 aliphatic heterocycles. The van der Waals surface area contributed by atoms with E-state index in [0.717, 1.165) is 5.56 Å². The zero-order valence-corrected chi connectivity index (χ0v) is 16.3. The Morgan fingerprint density at radius 1 is 1.13 bits per heavy atom. The van der Waals surface area contributed by atoms with Crippen LogP contribution < -0.4 is 19.7 Å². The molecule has 0 unspecified atom stereocenters. The number of ether oxygens (including phenoxy) is 2. The summed E-state index contributed by atoms with van der Waals surface area (Å²) in [5, 5.41) is 2.86. The molecule has 4 rings (SSSR count). The lowest BCUT2D eigenvalue weighted by atomic mass is 10.2. The third kappa shape index (κ3) is 4.75. The second-order valence-corrected chi connectivity index (χ2v) is 6.78. The fourth-order valence-corrected chi connectivity index (χ4v) is 3.15. The average Bonchev–Trinajstić information content (AvgIpc) is 2.78. The van der Waals surface area contributed by atoms with Crippen molar-refractivity contribution in [2.24, 2.45) is 0 Å². The van der Waals surface area contributed by atoms with Gasteiger partial charge in [-0.1, -0.05) is 24.3 Å². The fraction of sp³-hybridized carbons (Fsp3) is 0.174. The summed E-state index contributed by atoms with van der Waals surface area (Å²) in [7, 11) is 0. The van der Waals surface area contributed by atoms with Gasteiger partial charge in [-0.05, 0) is 30.3 Å². The average molecular weight is 403 g/mol. The van der Waals surface area contributed by atoms with Gasteiger partial charge in [0, 0.05) is 42.7 Å². The van der Waals surface area contributed by atoms with E-state index in [9.17, 15) is 9.59 Å². The Balaban J connectivity index is 1.33. The Hall–Kier alpha value is -3.87. The van der Waals surface area contributed by atoms with Crippen molar-refractivity contribution in [2.75, 3.05) is 23.4 Å². The van der Waals surface area contributed by atoms with Crippen LogP contribution in [0.4, 0.5) is 11.4 Å². The van der Waals surface area contributed by atoms with Gasteiger partial charge in [-0.25, -0.2) is 0 Å². The quantitative estimate of drug-likeness (QED) is 0.654. The predicted octanol–water partition coefficient (Wildman–Crippen LogP) is 3.41. The number of anilines is 2. The number of aromatic nitrogens is 1. The summed E-state index contributed by atoms with van der Waals surface area (Å²) in [6.45, 7) is 0.654. The first kappa shape index (κ1) is 19.4. The first-order chi connectivity index (χ1) is 14.7. The molecule has 0 fully saturated rings. The number of carbonyl (C=O) groups is 2. The highest BCUT2D eigenvalue weighted by Gasteiger charge is 2.25. The van der Waals surface area contributed by atoms with Crippen LogP contribution in [-0.2, 0) is 16.2 Å². The Kier molecular flexibility index (Phi) is 5.89. The minimum Gasteiger partial charge on any atom is -0.489 e. The van der Waals surface area contributed by atoms with E-state index >= 15 is 0 Å². The van der Waals surface area contributed by atoms with Crippen LogP contribution in [-0.4, -0.2) is 29.9 Å². The molecular weight excluding hydrogens is 382 g/mol. The molecule has 0 saturated heterocycles. The summed E-state index contributed by atoms with van der Waals surface area (Å²) in [5.74, 6) is 0.952. The summed E-state index contributed by atoms with van der Waals surface area (Å²) < 4.78 is 11.2. The molecule has 7 nitrogen and oxygen atoms in total. The number of hydrogen-bond acceptors (Lipinski definition) is 5. The maximum Gasteiger partial charge on any atom is 0.265 e. The molecule has 2 heterocycles. The van der Waals surface area contributed by atoms with E-state index in [-0.39, 0.29) is 31.4 Å². The maximum absolute atomic E-state index is 12.4. The molecule has 1 N–H and O–H groups in total. The first-order valence-electron chi connectivity index (χ1n) is 9.63. The van der Waals surface area contributed by atoms with Crippen LogP contribution >= 0.6 is 0 Å². The van der Waals surface area contributed by atoms with Crippen LogP contribution in [0.3, 0.4) is 0 Å². The van der Waals surface area contributed by atoms with Gasteiger partial charge in [0.25, 0.3) is 5.91 Å². The third-order valence-corrected chi connectivity index (χ3v) is 4.62. The van der Waals surface area contributed by atoms with Gasteiger partial charge in [0.2, 0.25) is 5.91 Å². The molecule has 0 bridgehead atoms. The van der Waals surface area contributed by atoms with Crippen molar-refractivity contribution in [1.82, 2.24) is 4.98 Å². The van der Waals surface area contributed by atoms with Crippen molar-refractivity contribution < 1.29 is 19.1 Å². The van der Waals surface area contributed by atoms with E-state index in [4.69, 9.17) is 9.47 Å². The summed E-state index contributed by atoms with van der Waals surface area (Å²) in [6.07, 6.45) is 3.63. The summed E-state index contributed by atoms with van der Waals surface area (Å²) >= 11 is 0. The monoisotopic (exact) mass is 403 g/mol. The highest BCUT2D eigenvalue weighted by molar-refractivity contribution is 5.99. The van der Waals surface area contributed by atoms with Crippen LogP contribution in [0.25, 0.3) is 0 Å². The maximum atomic E-state index is 12.4. The molecule has 1 aliphatic rings.